The zero-order chi connectivity index (χ0) is 23.5. The van der Waals surface area contributed by atoms with Crippen molar-refractivity contribution in [3.63, 3.8) is 0 Å². The van der Waals surface area contributed by atoms with E-state index in [1.165, 1.54) is 17.3 Å². The second-order valence-electron chi connectivity index (χ2n) is 8.07. The lowest BCUT2D eigenvalue weighted by molar-refractivity contribution is -0.115. The molecule has 1 amide bonds. The van der Waals surface area contributed by atoms with Crippen molar-refractivity contribution < 1.29 is 4.79 Å². The maximum Gasteiger partial charge on any atom is 0.266 e. The van der Waals surface area contributed by atoms with E-state index < -0.39 is 5.25 Å². The summed E-state index contributed by atoms with van der Waals surface area (Å²) < 4.78 is 1.63. The van der Waals surface area contributed by atoms with E-state index in [2.05, 4.69) is 12.2 Å². The monoisotopic (exact) mass is 457 g/mol. The number of carbonyl (C=O) groups excluding carboxylic acids is 1. The summed E-state index contributed by atoms with van der Waals surface area (Å²) in [4.78, 5) is 31.2. The van der Waals surface area contributed by atoms with E-state index >= 15 is 0 Å². The lowest BCUT2D eigenvalue weighted by atomic mass is 10.1. The van der Waals surface area contributed by atoms with Crippen LogP contribution in [0.5, 0.6) is 0 Å². The molecule has 3 aromatic carbocycles. The molecule has 0 bridgehead atoms. The van der Waals surface area contributed by atoms with Gasteiger partial charge in [-0.15, -0.1) is 0 Å². The standard InChI is InChI=1S/C27H27N3O2S/c1-5-20-13-15-21(16-14-20)28-25(31)19(4)33-27-29-23-11-7-6-10-22(23)26(32)30(27)24-12-8-9-17(2)18(24)3/h6-16,19H,5H2,1-4H3,(H,28,31). The Labute approximate surface area is 197 Å². The van der Waals surface area contributed by atoms with Crippen molar-refractivity contribution >= 4 is 34.3 Å². The zero-order valence-corrected chi connectivity index (χ0v) is 20.1. The topological polar surface area (TPSA) is 64.0 Å². The number of hydrogen-bond acceptors (Lipinski definition) is 4. The predicted molar refractivity (Wildman–Crippen MR) is 137 cm³/mol. The van der Waals surface area contributed by atoms with Crippen LogP contribution in [0, 0.1) is 13.8 Å². The Morgan fingerprint density at radius 3 is 2.48 bits per heavy atom. The van der Waals surface area contributed by atoms with Crippen molar-refractivity contribution in [3.8, 4) is 5.69 Å². The molecule has 4 aromatic rings. The van der Waals surface area contributed by atoms with E-state index in [4.69, 9.17) is 4.98 Å². The van der Waals surface area contributed by atoms with E-state index in [0.717, 1.165) is 28.9 Å². The first-order valence-corrected chi connectivity index (χ1v) is 11.9. The number of amides is 1. The number of fused-ring (bicyclic) bond motifs is 1. The van der Waals surface area contributed by atoms with Gasteiger partial charge in [-0.25, -0.2) is 4.98 Å². The van der Waals surface area contributed by atoms with Crippen LogP contribution in [0.2, 0.25) is 0 Å². The van der Waals surface area contributed by atoms with Crippen molar-refractivity contribution in [2.24, 2.45) is 0 Å². The van der Waals surface area contributed by atoms with E-state index in [1.54, 1.807) is 10.6 Å². The van der Waals surface area contributed by atoms with E-state index in [9.17, 15) is 9.59 Å². The normalized spacial score (nSPS) is 12.0. The van der Waals surface area contributed by atoms with Crippen molar-refractivity contribution in [1.29, 1.82) is 0 Å². The summed E-state index contributed by atoms with van der Waals surface area (Å²) in [6.07, 6.45) is 0.948. The summed E-state index contributed by atoms with van der Waals surface area (Å²) in [6, 6.07) is 21.0. The van der Waals surface area contributed by atoms with E-state index in [-0.39, 0.29) is 11.5 Å². The number of aromatic nitrogens is 2. The number of para-hydroxylation sites is 1. The van der Waals surface area contributed by atoms with Gasteiger partial charge in [0.05, 0.1) is 21.8 Å². The second kappa shape index (κ2) is 9.63. The fourth-order valence-electron chi connectivity index (χ4n) is 3.66. The van der Waals surface area contributed by atoms with E-state index in [1.807, 2.05) is 81.4 Å². The quantitative estimate of drug-likeness (QED) is 0.299. The lowest BCUT2D eigenvalue weighted by Crippen LogP contribution is -2.26. The number of carbonyl (C=O) groups is 1. The molecule has 6 heteroatoms. The van der Waals surface area contributed by atoms with Crippen LogP contribution in [-0.2, 0) is 11.2 Å². The summed E-state index contributed by atoms with van der Waals surface area (Å²) in [5, 5.41) is 3.56. The summed E-state index contributed by atoms with van der Waals surface area (Å²) in [7, 11) is 0. The minimum absolute atomic E-state index is 0.139. The van der Waals surface area contributed by atoms with Gasteiger partial charge >= 0.3 is 0 Å². The first kappa shape index (κ1) is 22.8. The van der Waals surface area contributed by atoms with Crippen LogP contribution in [0.4, 0.5) is 5.69 Å². The number of thioether (sulfide) groups is 1. The van der Waals surface area contributed by atoms with Gasteiger partial charge in [0.25, 0.3) is 5.56 Å². The predicted octanol–water partition coefficient (Wildman–Crippen LogP) is 5.68. The van der Waals surface area contributed by atoms with Crippen LogP contribution in [0.25, 0.3) is 16.6 Å². The van der Waals surface area contributed by atoms with Crippen molar-refractivity contribution in [3.05, 3.63) is 93.8 Å². The molecule has 0 saturated heterocycles. The maximum atomic E-state index is 13.5. The van der Waals surface area contributed by atoms with Crippen molar-refractivity contribution in [2.75, 3.05) is 5.32 Å². The highest BCUT2D eigenvalue weighted by molar-refractivity contribution is 8.00. The summed E-state index contributed by atoms with van der Waals surface area (Å²) in [6.45, 7) is 7.94. The van der Waals surface area contributed by atoms with Crippen LogP contribution in [0.3, 0.4) is 0 Å². The van der Waals surface area contributed by atoms with Crippen LogP contribution in [0.1, 0.15) is 30.5 Å². The van der Waals surface area contributed by atoms with Crippen molar-refractivity contribution in [1.82, 2.24) is 9.55 Å². The number of nitrogens with one attached hydrogen (secondary N) is 1. The average Bonchev–Trinajstić information content (AvgIpc) is 2.82. The zero-order valence-electron chi connectivity index (χ0n) is 19.3. The third-order valence-electron chi connectivity index (χ3n) is 5.84. The molecule has 1 unspecified atom stereocenters. The van der Waals surface area contributed by atoms with Gasteiger partial charge < -0.3 is 5.32 Å². The highest BCUT2D eigenvalue weighted by Crippen LogP contribution is 2.28. The lowest BCUT2D eigenvalue weighted by Gasteiger charge is -2.18. The fraction of sp³-hybridized carbons (Fsp3) is 0.222. The summed E-state index contributed by atoms with van der Waals surface area (Å²) >= 11 is 1.28. The highest BCUT2D eigenvalue weighted by atomic mass is 32.2. The van der Waals surface area contributed by atoms with Gasteiger partial charge in [0, 0.05) is 5.69 Å². The Bertz CT molecular complexity index is 1380. The molecule has 1 aromatic heterocycles. The SMILES string of the molecule is CCc1ccc(NC(=O)C(C)Sc2nc3ccccc3c(=O)n2-c2cccc(C)c2C)cc1. The number of aryl methyl sites for hydroxylation is 2. The molecule has 33 heavy (non-hydrogen) atoms. The molecular weight excluding hydrogens is 430 g/mol. The van der Waals surface area contributed by atoms with Crippen LogP contribution < -0.4 is 10.9 Å². The molecule has 0 fully saturated rings. The number of hydrogen-bond donors (Lipinski definition) is 1. The molecule has 1 atom stereocenters. The van der Waals surface area contributed by atoms with E-state index in [0.29, 0.717) is 16.1 Å². The molecular formula is C27H27N3O2S. The molecule has 0 saturated carbocycles. The van der Waals surface area contributed by atoms with Crippen LogP contribution in [-0.4, -0.2) is 20.7 Å². The smallest absolute Gasteiger partial charge is 0.266 e. The first-order chi connectivity index (χ1) is 15.9. The first-order valence-electron chi connectivity index (χ1n) is 11.0. The fourth-order valence-corrected chi connectivity index (χ4v) is 4.58. The van der Waals surface area contributed by atoms with Gasteiger partial charge in [0.15, 0.2) is 5.16 Å². The second-order valence-corrected chi connectivity index (χ2v) is 9.38. The highest BCUT2D eigenvalue weighted by Gasteiger charge is 2.21. The largest absolute Gasteiger partial charge is 0.325 e. The number of rotatable bonds is 6. The van der Waals surface area contributed by atoms with Crippen LogP contribution in [0.15, 0.2) is 76.7 Å². The molecule has 5 nitrogen and oxygen atoms in total. The maximum absolute atomic E-state index is 13.5. The minimum Gasteiger partial charge on any atom is -0.325 e. The molecule has 0 aliphatic carbocycles. The Hall–Kier alpha value is -3.38. The van der Waals surface area contributed by atoms with Crippen LogP contribution >= 0.6 is 11.8 Å². The molecule has 0 radical (unpaired) electrons. The minimum atomic E-state index is -0.458. The van der Waals surface area contributed by atoms with Crippen molar-refractivity contribution in [2.45, 2.75) is 44.5 Å². The number of anilines is 1. The van der Waals surface area contributed by atoms with Gasteiger partial charge in [0.1, 0.15) is 0 Å². The average molecular weight is 458 g/mol. The Morgan fingerprint density at radius 2 is 1.76 bits per heavy atom. The summed E-state index contributed by atoms with van der Waals surface area (Å²) in [5.74, 6) is -0.140. The summed E-state index contributed by atoms with van der Waals surface area (Å²) in [5.41, 5.74) is 5.32. The molecule has 168 valence electrons. The molecule has 0 aliphatic heterocycles. The van der Waals surface area contributed by atoms with Gasteiger partial charge in [-0.3, -0.25) is 14.2 Å². The molecule has 4 rings (SSSR count). The Balaban J connectivity index is 1.72. The Morgan fingerprint density at radius 1 is 1.03 bits per heavy atom. The van der Waals surface area contributed by atoms with Gasteiger partial charge in [0.2, 0.25) is 5.91 Å². The molecule has 1 N–H and O–H groups in total. The molecule has 1 heterocycles. The third-order valence-corrected chi connectivity index (χ3v) is 6.90. The molecule has 0 spiro atoms. The number of nitrogens with zero attached hydrogens (tertiary/aromatic N) is 2. The van der Waals surface area contributed by atoms with Gasteiger partial charge in [-0.2, -0.15) is 0 Å². The van der Waals surface area contributed by atoms with Gasteiger partial charge in [-0.1, -0.05) is 55.1 Å². The molecule has 0 aliphatic rings. The third kappa shape index (κ3) is 4.71. The van der Waals surface area contributed by atoms with Gasteiger partial charge in [-0.05, 0) is 74.2 Å². The number of benzene rings is 3. The Kier molecular flexibility index (Phi) is 6.65.